The monoisotopic (exact) mass is 300 g/mol. The Bertz CT molecular complexity index is 561. The number of hydrogen-bond donors (Lipinski definition) is 0. The summed E-state index contributed by atoms with van der Waals surface area (Å²) in [7, 11) is 2.00. The molecule has 1 saturated carbocycles. The van der Waals surface area contributed by atoms with E-state index < -0.39 is 0 Å². The quantitative estimate of drug-likeness (QED) is 0.806. The Morgan fingerprint density at radius 2 is 1.68 bits per heavy atom. The van der Waals surface area contributed by atoms with E-state index in [0.717, 1.165) is 18.4 Å². The van der Waals surface area contributed by atoms with E-state index in [4.69, 9.17) is 0 Å². The van der Waals surface area contributed by atoms with Gasteiger partial charge in [0.05, 0.1) is 18.2 Å². The van der Waals surface area contributed by atoms with Crippen LogP contribution in [0.2, 0.25) is 0 Å². The van der Waals surface area contributed by atoms with Crippen LogP contribution < -0.4 is 4.90 Å². The average molecular weight is 300 g/mol. The van der Waals surface area contributed by atoms with Crippen LogP contribution in [0.1, 0.15) is 44.1 Å². The lowest BCUT2D eigenvalue weighted by molar-refractivity contribution is -0.123. The van der Waals surface area contributed by atoms with Gasteiger partial charge in [-0.1, -0.05) is 37.0 Å². The predicted molar refractivity (Wildman–Crippen MR) is 86.7 cm³/mol. The summed E-state index contributed by atoms with van der Waals surface area (Å²) in [5.74, 6) is -0.150. The summed E-state index contributed by atoms with van der Waals surface area (Å²) in [6, 6.07) is 7.73. The second kappa shape index (κ2) is 6.21. The first-order chi connectivity index (χ1) is 10.6. The Morgan fingerprint density at radius 3 is 2.32 bits per heavy atom. The van der Waals surface area contributed by atoms with Crippen LogP contribution in [0.3, 0.4) is 0 Å². The van der Waals surface area contributed by atoms with E-state index in [-0.39, 0.29) is 17.9 Å². The topological polar surface area (TPSA) is 40.6 Å². The number of imide groups is 1. The first-order valence-electron chi connectivity index (χ1n) is 8.23. The summed E-state index contributed by atoms with van der Waals surface area (Å²) in [5.41, 5.74) is 1.82. The van der Waals surface area contributed by atoms with Gasteiger partial charge in [-0.15, -0.1) is 0 Å². The van der Waals surface area contributed by atoms with Gasteiger partial charge >= 0.3 is 0 Å². The van der Waals surface area contributed by atoms with E-state index in [1.54, 1.807) is 0 Å². The van der Waals surface area contributed by atoms with Gasteiger partial charge in [-0.2, -0.15) is 0 Å². The first-order valence-corrected chi connectivity index (χ1v) is 8.23. The Hall–Kier alpha value is -1.68. The second-order valence-corrected chi connectivity index (χ2v) is 6.58. The van der Waals surface area contributed by atoms with Gasteiger partial charge in [0.1, 0.15) is 0 Å². The third kappa shape index (κ3) is 2.80. The minimum Gasteiger partial charge on any atom is -0.292 e. The van der Waals surface area contributed by atoms with Crippen molar-refractivity contribution in [2.75, 3.05) is 11.9 Å². The van der Waals surface area contributed by atoms with Crippen molar-refractivity contribution in [2.24, 2.45) is 0 Å². The minimum absolute atomic E-state index is 0.0677. The Kier molecular flexibility index (Phi) is 4.30. The molecular formula is C18H24N2O2. The number of benzene rings is 1. The molecule has 0 aromatic heterocycles. The van der Waals surface area contributed by atoms with Crippen LogP contribution in [0, 0.1) is 6.92 Å². The molecule has 22 heavy (non-hydrogen) atoms. The zero-order chi connectivity index (χ0) is 15.7. The number of aryl methyl sites for hydroxylation is 1. The molecule has 1 unspecified atom stereocenters. The molecule has 3 rings (SSSR count). The summed E-state index contributed by atoms with van der Waals surface area (Å²) < 4.78 is 0. The summed E-state index contributed by atoms with van der Waals surface area (Å²) in [6.07, 6.45) is 6.33. The molecule has 1 aliphatic heterocycles. The highest BCUT2D eigenvalue weighted by Gasteiger charge is 2.43. The highest BCUT2D eigenvalue weighted by Crippen LogP contribution is 2.29. The van der Waals surface area contributed by atoms with Crippen LogP contribution in [0.25, 0.3) is 0 Å². The Morgan fingerprint density at radius 1 is 1.05 bits per heavy atom. The lowest BCUT2D eigenvalue weighted by Gasteiger charge is -2.34. The minimum atomic E-state index is -0.295. The van der Waals surface area contributed by atoms with Crippen LogP contribution in [-0.2, 0) is 9.59 Å². The third-order valence-electron chi connectivity index (χ3n) is 5.06. The van der Waals surface area contributed by atoms with E-state index >= 15 is 0 Å². The van der Waals surface area contributed by atoms with Crippen molar-refractivity contribution in [1.29, 1.82) is 0 Å². The summed E-state index contributed by atoms with van der Waals surface area (Å²) in [5, 5.41) is 0. The van der Waals surface area contributed by atoms with Gasteiger partial charge in [0.15, 0.2) is 0 Å². The number of rotatable bonds is 3. The highest BCUT2D eigenvalue weighted by molar-refractivity contribution is 6.22. The summed E-state index contributed by atoms with van der Waals surface area (Å²) in [4.78, 5) is 28.6. The molecule has 0 radical (unpaired) electrons. The molecule has 4 heteroatoms. The maximum Gasteiger partial charge on any atom is 0.251 e. The molecule has 4 nitrogen and oxygen atoms in total. The van der Waals surface area contributed by atoms with E-state index in [1.807, 2.05) is 38.2 Å². The van der Waals surface area contributed by atoms with Gasteiger partial charge in [-0.25, -0.2) is 4.90 Å². The van der Waals surface area contributed by atoms with Crippen molar-refractivity contribution in [1.82, 2.24) is 4.90 Å². The lowest BCUT2D eigenvalue weighted by Crippen LogP contribution is -2.45. The zero-order valence-corrected chi connectivity index (χ0v) is 13.4. The van der Waals surface area contributed by atoms with E-state index in [0.29, 0.717) is 18.2 Å². The van der Waals surface area contributed by atoms with Gasteiger partial charge in [0.25, 0.3) is 5.91 Å². The lowest BCUT2D eigenvalue weighted by atomic mass is 9.93. The number of hydrogen-bond acceptors (Lipinski definition) is 3. The van der Waals surface area contributed by atoms with Gasteiger partial charge in [-0.05, 0) is 38.9 Å². The smallest absolute Gasteiger partial charge is 0.251 e. The molecule has 2 fully saturated rings. The van der Waals surface area contributed by atoms with Gasteiger partial charge in [0.2, 0.25) is 5.91 Å². The standard InChI is InChI=1S/C18H24N2O2/c1-13-8-10-15(11-9-13)20-17(21)12-16(18(20)22)19(2)14-6-4-3-5-7-14/h8-11,14,16H,3-7,12H2,1-2H3. The predicted octanol–water partition coefficient (Wildman–Crippen LogP) is 2.89. The maximum absolute atomic E-state index is 12.7. The van der Waals surface area contributed by atoms with E-state index in [9.17, 15) is 9.59 Å². The summed E-state index contributed by atoms with van der Waals surface area (Å²) in [6.45, 7) is 2.00. The van der Waals surface area contributed by atoms with Crippen LogP contribution in [-0.4, -0.2) is 35.8 Å². The molecule has 118 valence electrons. The normalized spacial score (nSPS) is 23.6. The number of amides is 2. The summed E-state index contributed by atoms with van der Waals surface area (Å²) >= 11 is 0. The Balaban J connectivity index is 1.77. The molecule has 1 aromatic carbocycles. The van der Waals surface area contributed by atoms with E-state index in [2.05, 4.69) is 4.90 Å². The van der Waals surface area contributed by atoms with Gasteiger partial charge in [0, 0.05) is 6.04 Å². The first kappa shape index (κ1) is 15.2. The van der Waals surface area contributed by atoms with Crippen LogP contribution in [0.5, 0.6) is 0 Å². The fraction of sp³-hybridized carbons (Fsp3) is 0.556. The fourth-order valence-corrected chi connectivity index (χ4v) is 3.64. The van der Waals surface area contributed by atoms with Crippen LogP contribution in [0.15, 0.2) is 24.3 Å². The maximum atomic E-state index is 12.7. The average Bonchev–Trinajstić information content (AvgIpc) is 2.83. The largest absolute Gasteiger partial charge is 0.292 e. The molecular weight excluding hydrogens is 276 g/mol. The molecule has 1 heterocycles. The number of carbonyl (C=O) groups excluding carboxylic acids is 2. The van der Waals surface area contributed by atoms with Crippen molar-refractivity contribution < 1.29 is 9.59 Å². The van der Waals surface area contributed by atoms with Crippen molar-refractivity contribution >= 4 is 17.5 Å². The molecule has 1 saturated heterocycles. The van der Waals surface area contributed by atoms with Crippen molar-refractivity contribution in [3.63, 3.8) is 0 Å². The number of carbonyl (C=O) groups is 2. The number of anilines is 1. The molecule has 1 aliphatic carbocycles. The SMILES string of the molecule is Cc1ccc(N2C(=O)CC(N(C)C3CCCCC3)C2=O)cc1. The Labute approximate surface area is 132 Å². The van der Waals surface area contributed by atoms with Crippen molar-refractivity contribution in [3.05, 3.63) is 29.8 Å². The van der Waals surface area contributed by atoms with Crippen molar-refractivity contribution in [3.8, 4) is 0 Å². The second-order valence-electron chi connectivity index (χ2n) is 6.58. The zero-order valence-electron chi connectivity index (χ0n) is 13.4. The van der Waals surface area contributed by atoms with E-state index in [1.165, 1.54) is 24.2 Å². The molecule has 2 aliphatic rings. The molecule has 0 bridgehead atoms. The molecule has 1 aromatic rings. The van der Waals surface area contributed by atoms with Crippen LogP contribution in [0.4, 0.5) is 5.69 Å². The third-order valence-corrected chi connectivity index (χ3v) is 5.06. The van der Waals surface area contributed by atoms with Crippen molar-refractivity contribution in [2.45, 2.75) is 57.5 Å². The molecule has 2 amide bonds. The molecule has 0 spiro atoms. The van der Waals surface area contributed by atoms with Gasteiger partial charge < -0.3 is 0 Å². The van der Waals surface area contributed by atoms with Gasteiger partial charge in [-0.3, -0.25) is 14.5 Å². The number of nitrogens with zero attached hydrogens (tertiary/aromatic N) is 2. The van der Waals surface area contributed by atoms with Crippen LogP contribution >= 0.6 is 0 Å². The molecule has 1 atom stereocenters. The number of likely N-dealkylation sites (N-methyl/N-ethyl adjacent to an activating group) is 1. The fourth-order valence-electron chi connectivity index (χ4n) is 3.64. The molecule has 0 N–H and O–H groups in total. The highest BCUT2D eigenvalue weighted by atomic mass is 16.2.